The molecule has 3 aromatic carbocycles. The van der Waals surface area contributed by atoms with Gasteiger partial charge in [0.05, 0.1) is 19.7 Å². The van der Waals surface area contributed by atoms with E-state index in [9.17, 15) is 9.18 Å². The number of benzene rings is 3. The zero-order valence-electron chi connectivity index (χ0n) is 16.3. The van der Waals surface area contributed by atoms with Gasteiger partial charge >= 0.3 is 0 Å². The third-order valence-corrected chi connectivity index (χ3v) is 4.90. The fourth-order valence-electron chi connectivity index (χ4n) is 2.63. The van der Waals surface area contributed by atoms with Crippen LogP contribution < -0.4 is 14.9 Å². The van der Waals surface area contributed by atoms with Crippen LogP contribution in [0.4, 0.5) is 4.39 Å². The Hall–Kier alpha value is -2.94. The van der Waals surface area contributed by atoms with Gasteiger partial charge in [-0.25, -0.2) is 9.82 Å². The zero-order valence-corrected chi connectivity index (χ0v) is 18.4. The van der Waals surface area contributed by atoms with E-state index in [2.05, 4.69) is 33.1 Å². The van der Waals surface area contributed by atoms with Crippen LogP contribution in [0.5, 0.6) is 11.5 Å². The van der Waals surface area contributed by atoms with Crippen molar-refractivity contribution in [1.29, 1.82) is 0 Å². The Labute approximate surface area is 188 Å². The Kier molecular flexibility index (Phi) is 7.78. The molecule has 3 rings (SSSR count). The van der Waals surface area contributed by atoms with Crippen molar-refractivity contribution in [3.8, 4) is 11.5 Å². The van der Waals surface area contributed by atoms with Gasteiger partial charge in [0.25, 0.3) is 0 Å². The number of carbonyl (C=O) groups is 1. The monoisotopic (exact) mass is 518 g/mol. The van der Waals surface area contributed by atoms with Gasteiger partial charge in [-0.2, -0.15) is 5.10 Å². The summed E-state index contributed by atoms with van der Waals surface area (Å²) in [7, 11) is 1.57. The van der Waals surface area contributed by atoms with E-state index in [4.69, 9.17) is 9.47 Å². The van der Waals surface area contributed by atoms with Crippen LogP contribution >= 0.6 is 22.6 Å². The summed E-state index contributed by atoms with van der Waals surface area (Å²) in [5.74, 6) is 0.565. The number of hydrogen-bond acceptors (Lipinski definition) is 4. The molecule has 0 atom stereocenters. The highest BCUT2D eigenvalue weighted by atomic mass is 127. The van der Waals surface area contributed by atoms with Crippen molar-refractivity contribution in [1.82, 2.24) is 5.43 Å². The van der Waals surface area contributed by atoms with Gasteiger partial charge in [-0.3, -0.25) is 4.79 Å². The van der Waals surface area contributed by atoms with E-state index in [1.54, 1.807) is 31.4 Å². The highest BCUT2D eigenvalue weighted by Gasteiger charge is 2.06. The molecule has 0 spiro atoms. The van der Waals surface area contributed by atoms with E-state index in [1.807, 2.05) is 30.3 Å². The molecule has 3 aromatic rings. The minimum atomic E-state index is -0.336. The summed E-state index contributed by atoms with van der Waals surface area (Å²) in [6.07, 6.45) is 1.64. The summed E-state index contributed by atoms with van der Waals surface area (Å²) in [5, 5.41) is 3.97. The first-order valence-corrected chi connectivity index (χ1v) is 10.2. The molecule has 0 aliphatic rings. The first-order valence-electron chi connectivity index (χ1n) is 9.15. The van der Waals surface area contributed by atoms with Gasteiger partial charge in [-0.15, -0.1) is 0 Å². The summed E-state index contributed by atoms with van der Waals surface area (Å²) in [6.45, 7) is 0.431. The number of nitrogens with zero attached hydrogens (tertiary/aromatic N) is 1. The third kappa shape index (κ3) is 6.55. The Morgan fingerprint density at radius 2 is 1.73 bits per heavy atom. The average molecular weight is 518 g/mol. The van der Waals surface area contributed by atoms with E-state index in [0.717, 1.165) is 11.1 Å². The maximum Gasteiger partial charge on any atom is 0.244 e. The Morgan fingerprint density at radius 1 is 1.03 bits per heavy atom. The summed E-state index contributed by atoms with van der Waals surface area (Å²) < 4.78 is 25.3. The number of hydrogen-bond donors (Lipinski definition) is 1. The number of methoxy groups -OCH3 is 1. The van der Waals surface area contributed by atoms with Crippen molar-refractivity contribution >= 4 is 34.7 Å². The van der Waals surface area contributed by atoms with E-state index >= 15 is 0 Å². The summed E-state index contributed by atoms with van der Waals surface area (Å²) in [4.78, 5) is 11.9. The highest BCUT2D eigenvalue weighted by molar-refractivity contribution is 14.1. The van der Waals surface area contributed by atoms with E-state index in [1.165, 1.54) is 21.9 Å². The molecule has 0 aliphatic carbocycles. The summed E-state index contributed by atoms with van der Waals surface area (Å²) in [6, 6.07) is 19.3. The van der Waals surface area contributed by atoms with E-state index < -0.39 is 0 Å². The number of rotatable bonds is 8. The summed E-state index contributed by atoms with van der Waals surface area (Å²) >= 11 is 2.26. The van der Waals surface area contributed by atoms with Gasteiger partial charge in [-0.1, -0.05) is 24.3 Å². The molecule has 0 bridgehead atoms. The molecule has 1 amide bonds. The first-order chi connectivity index (χ1) is 14.5. The second kappa shape index (κ2) is 10.7. The number of halogens is 2. The van der Waals surface area contributed by atoms with Gasteiger partial charge in [0, 0.05) is 3.57 Å². The van der Waals surface area contributed by atoms with Crippen LogP contribution in [0.3, 0.4) is 0 Å². The molecule has 0 fully saturated rings. The predicted octanol–water partition coefficient (Wildman–Crippen LogP) is 4.71. The smallest absolute Gasteiger partial charge is 0.244 e. The highest BCUT2D eigenvalue weighted by Crippen LogP contribution is 2.28. The Balaban J connectivity index is 1.56. The van der Waals surface area contributed by atoms with Gasteiger partial charge in [0.2, 0.25) is 5.91 Å². The predicted molar refractivity (Wildman–Crippen MR) is 122 cm³/mol. The lowest BCUT2D eigenvalue weighted by molar-refractivity contribution is -0.120. The lowest BCUT2D eigenvalue weighted by atomic mass is 10.1. The van der Waals surface area contributed by atoms with Crippen LogP contribution in [-0.4, -0.2) is 19.2 Å². The van der Waals surface area contributed by atoms with Crippen LogP contribution in [0.1, 0.15) is 16.7 Å². The molecule has 0 unspecified atom stereocenters. The number of hydrazone groups is 1. The zero-order chi connectivity index (χ0) is 21.3. The molecule has 0 radical (unpaired) electrons. The van der Waals surface area contributed by atoms with E-state index in [0.29, 0.717) is 23.7 Å². The van der Waals surface area contributed by atoms with Crippen LogP contribution in [-0.2, 0) is 17.8 Å². The lowest BCUT2D eigenvalue weighted by Gasteiger charge is -2.11. The second-order valence-corrected chi connectivity index (χ2v) is 7.67. The van der Waals surface area contributed by atoms with Crippen LogP contribution in [0.25, 0.3) is 0 Å². The molecule has 0 saturated heterocycles. The van der Waals surface area contributed by atoms with Gasteiger partial charge < -0.3 is 9.47 Å². The van der Waals surface area contributed by atoms with Crippen molar-refractivity contribution in [2.45, 2.75) is 13.0 Å². The van der Waals surface area contributed by atoms with Crippen LogP contribution in [0, 0.1) is 9.39 Å². The minimum Gasteiger partial charge on any atom is -0.493 e. The normalized spacial score (nSPS) is 10.8. The summed E-state index contributed by atoms with van der Waals surface area (Å²) in [5.41, 5.74) is 4.98. The first kappa shape index (κ1) is 21.8. The van der Waals surface area contributed by atoms with Gasteiger partial charge in [0.15, 0.2) is 11.5 Å². The fraction of sp³-hybridized carbons (Fsp3) is 0.130. The number of nitrogens with one attached hydrogen (secondary N) is 1. The number of ether oxygens (including phenoxy) is 2. The molecule has 1 N–H and O–H groups in total. The molecule has 30 heavy (non-hydrogen) atoms. The maximum atomic E-state index is 12.9. The van der Waals surface area contributed by atoms with Crippen LogP contribution in [0.15, 0.2) is 71.8 Å². The second-order valence-electron chi connectivity index (χ2n) is 6.42. The standard InChI is InChI=1S/C23H20FIN2O3/c1-29-22-12-18(6-11-21(22)30-15-17-4-9-20(25)10-5-17)14-26-27-23(28)13-16-2-7-19(24)8-3-16/h2-12,14H,13,15H2,1H3,(H,27,28)/b26-14+. The fourth-order valence-corrected chi connectivity index (χ4v) is 2.99. The number of amides is 1. The van der Waals surface area contributed by atoms with Crippen molar-refractivity contribution < 1.29 is 18.7 Å². The van der Waals surface area contributed by atoms with E-state index in [-0.39, 0.29) is 18.1 Å². The Morgan fingerprint density at radius 3 is 2.43 bits per heavy atom. The molecule has 0 aromatic heterocycles. The van der Waals surface area contributed by atoms with Crippen molar-refractivity contribution in [2.75, 3.05) is 7.11 Å². The molecular formula is C23H20FIN2O3. The minimum absolute atomic E-state index is 0.117. The quantitative estimate of drug-likeness (QED) is 0.267. The average Bonchev–Trinajstić information content (AvgIpc) is 2.75. The SMILES string of the molecule is COc1cc(/C=N/NC(=O)Cc2ccc(F)cc2)ccc1OCc1ccc(I)cc1. The lowest BCUT2D eigenvalue weighted by Crippen LogP contribution is -2.19. The third-order valence-electron chi connectivity index (χ3n) is 4.18. The molecular weight excluding hydrogens is 498 g/mol. The van der Waals surface area contributed by atoms with Crippen molar-refractivity contribution in [2.24, 2.45) is 5.10 Å². The molecule has 7 heteroatoms. The van der Waals surface area contributed by atoms with Gasteiger partial charge in [-0.05, 0) is 81.7 Å². The van der Waals surface area contributed by atoms with Crippen molar-refractivity contribution in [3.63, 3.8) is 0 Å². The number of carbonyl (C=O) groups excluding carboxylic acids is 1. The Bertz CT molecular complexity index is 1020. The molecule has 0 heterocycles. The largest absolute Gasteiger partial charge is 0.493 e. The molecule has 0 aliphatic heterocycles. The molecule has 5 nitrogen and oxygen atoms in total. The van der Waals surface area contributed by atoms with Crippen molar-refractivity contribution in [3.05, 3.63) is 92.8 Å². The molecule has 154 valence electrons. The molecule has 0 saturated carbocycles. The van der Waals surface area contributed by atoms with Crippen LogP contribution in [0.2, 0.25) is 0 Å². The topological polar surface area (TPSA) is 59.9 Å². The van der Waals surface area contributed by atoms with Gasteiger partial charge in [0.1, 0.15) is 12.4 Å². The maximum absolute atomic E-state index is 12.9.